The molecule has 3 aromatic carbocycles. The van der Waals surface area contributed by atoms with Crippen molar-refractivity contribution in [3.63, 3.8) is 0 Å². The van der Waals surface area contributed by atoms with Crippen molar-refractivity contribution in [1.82, 2.24) is 0 Å². The SMILES string of the molecule is Cc1ccc(NC(=O)c2ccccc2NS(=O)(=O)c2cccc(C#CCO)c2)cc1. The molecule has 3 aromatic rings. The molecule has 0 saturated heterocycles. The minimum atomic E-state index is -3.96. The summed E-state index contributed by atoms with van der Waals surface area (Å²) < 4.78 is 28.2. The number of sulfonamides is 1. The van der Waals surface area contributed by atoms with E-state index in [-0.39, 0.29) is 22.8 Å². The van der Waals surface area contributed by atoms with Gasteiger partial charge in [-0.2, -0.15) is 0 Å². The third-order valence-electron chi connectivity index (χ3n) is 4.18. The molecule has 6 nitrogen and oxygen atoms in total. The quantitative estimate of drug-likeness (QED) is 0.552. The molecular weight excluding hydrogens is 400 g/mol. The second-order valence-corrected chi connectivity index (χ2v) is 8.14. The molecule has 0 atom stereocenters. The number of hydrogen-bond acceptors (Lipinski definition) is 4. The molecule has 0 radical (unpaired) electrons. The van der Waals surface area contributed by atoms with Gasteiger partial charge in [-0.3, -0.25) is 9.52 Å². The van der Waals surface area contributed by atoms with Gasteiger partial charge in [-0.1, -0.05) is 47.7 Å². The maximum atomic E-state index is 12.9. The molecular formula is C23H20N2O4S. The Balaban J connectivity index is 1.86. The molecule has 3 N–H and O–H groups in total. The zero-order valence-electron chi connectivity index (χ0n) is 16.2. The normalized spacial score (nSPS) is 10.6. The van der Waals surface area contributed by atoms with Crippen molar-refractivity contribution in [3.05, 3.63) is 89.5 Å². The van der Waals surface area contributed by atoms with Gasteiger partial charge in [0.25, 0.3) is 15.9 Å². The molecule has 0 aliphatic rings. The first-order chi connectivity index (χ1) is 14.4. The standard InChI is InChI=1S/C23H20N2O4S/c1-17-11-13-19(14-12-17)24-23(27)21-9-2-3-10-22(21)25-30(28,29)20-8-4-6-18(16-20)7-5-15-26/h2-4,6,8-14,16,25-26H,15H2,1H3,(H,24,27). The van der Waals surface area contributed by atoms with Crippen molar-refractivity contribution in [2.45, 2.75) is 11.8 Å². The van der Waals surface area contributed by atoms with Crippen molar-refractivity contribution in [1.29, 1.82) is 0 Å². The number of hydrogen-bond donors (Lipinski definition) is 3. The Hall–Kier alpha value is -3.60. The van der Waals surface area contributed by atoms with Gasteiger partial charge in [0.15, 0.2) is 0 Å². The Morgan fingerprint density at radius 2 is 1.73 bits per heavy atom. The van der Waals surface area contributed by atoms with E-state index in [0.717, 1.165) is 5.56 Å². The lowest BCUT2D eigenvalue weighted by molar-refractivity contribution is 0.102. The predicted molar refractivity (Wildman–Crippen MR) is 117 cm³/mol. The summed E-state index contributed by atoms with van der Waals surface area (Å²) in [5.41, 5.74) is 2.48. The summed E-state index contributed by atoms with van der Waals surface area (Å²) in [5, 5.41) is 11.6. The average molecular weight is 420 g/mol. The van der Waals surface area contributed by atoms with Gasteiger partial charge in [-0.05, 0) is 49.4 Å². The highest BCUT2D eigenvalue weighted by atomic mass is 32.2. The Bertz CT molecular complexity index is 1220. The molecule has 0 saturated carbocycles. The minimum absolute atomic E-state index is 0.000913. The molecule has 152 valence electrons. The maximum Gasteiger partial charge on any atom is 0.261 e. The number of nitrogens with one attached hydrogen (secondary N) is 2. The van der Waals surface area contributed by atoms with Gasteiger partial charge in [0.05, 0.1) is 16.1 Å². The number of aryl methyl sites for hydroxylation is 1. The van der Waals surface area contributed by atoms with Gasteiger partial charge in [0.1, 0.15) is 6.61 Å². The summed E-state index contributed by atoms with van der Waals surface area (Å²) in [6.45, 7) is 1.62. The number of para-hydroxylation sites is 1. The van der Waals surface area contributed by atoms with Crippen LogP contribution in [0.5, 0.6) is 0 Å². The lowest BCUT2D eigenvalue weighted by Crippen LogP contribution is -2.18. The van der Waals surface area contributed by atoms with E-state index in [2.05, 4.69) is 21.9 Å². The first kappa shape index (κ1) is 21.1. The number of carbonyl (C=O) groups is 1. The van der Waals surface area contributed by atoms with Crippen LogP contribution in [0.25, 0.3) is 0 Å². The molecule has 0 spiro atoms. The van der Waals surface area contributed by atoms with Gasteiger partial charge in [-0.15, -0.1) is 0 Å². The Kier molecular flexibility index (Phi) is 6.52. The van der Waals surface area contributed by atoms with Crippen LogP contribution in [-0.4, -0.2) is 26.0 Å². The van der Waals surface area contributed by atoms with E-state index in [1.807, 2.05) is 19.1 Å². The van der Waals surface area contributed by atoms with E-state index >= 15 is 0 Å². The van der Waals surface area contributed by atoms with Crippen LogP contribution in [0, 0.1) is 18.8 Å². The summed E-state index contributed by atoms with van der Waals surface area (Å²) >= 11 is 0. The molecule has 0 heterocycles. The van der Waals surface area contributed by atoms with Gasteiger partial charge < -0.3 is 10.4 Å². The highest BCUT2D eigenvalue weighted by Gasteiger charge is 2.19. The summed E-state index contributed by atoms with van der Waals surface area (Å²) in [6, 6.07) is 19.7. The van der Waals surface area contributed by atoms with E-state index < -0.39 is 15.9 Å². The van der Waals surface area contributed by atoms with Crippen LogP contribution < -0.4 is 10.0 Å². The summed E-state index contributed by atoms with van der Waals surface area (Å²) in [7, 11) is -3.96. The predicted octanol–water partition coefficient (Wildman–Crippen LogP) is 3.39. The van der Waals surface area contributed by atoms with Gasteiger partial charge in [0, 0.05) is 11.3 Å². The fraction of sp³-hybridized carbons (Fsp3) is 0.0870. The highest BCUT2D eigenvalue weighted by Crippen LogP contribution is 2.22. The number of anilines is 2. The number of aliphatic hydroxyl groups excluding tert-OH is 1. The molecule has 0 aromatic heterocycles. The van der Waals surface area contributed by atoms with Gasteiger partial charge >= 0.3 is 0 Å². The molecule has 0 bridgehead atoms. The van der Waals surface area contributed by atoms with E-state index in [0.29, 0.717) is 11.3 Å². The zero-order valence-corrected chi connectivity index (χ0v) is 17.0. The van der Waals surface area contributed by atoms with Crippen molar-refractivity contribution in [3.8, 4) is 11.8 Å². The lowest BCUT2D eigenvalue weighted by Gasteiger charge is -2.13. The van der Waals surface area contributed by atoms with Crippen LogP contribution in [0.3, 0.4) is 0 Å². The van der Waals surface area contributed by atoms with Crippen LogP contribution >= 0.6 is 0 Å². The molecule has 0 aliphatic heterocycles. The molecule has 7 heteroatoms. The molecule has 30 heavy (non-hydrogen) atoms. The largest absolute Gasteiger partial charge is 0.384 e. The molecule has 1 amide bonds. The van der Waals surface area contributed by atoms with Crippen LogP contribution in [0.4, 0.5) is 11.4 Å². The van der Waals surface area contributed by atoms with E-state index in [1.54, 1.807) is 42.5 Å². The highest BCUT2D eigenvalue weighted by molar-refractivity contribution is 7.92. The fourth-order valence-corrected chi connectivity index (χ4v) is 3.82. The minimum Gasteiger partial charge on any atom is -0.384 e. The maximum absolute atomic E-state index is 12.9. The van der Waals surface area contributed by atoms with Crippen molar-refractivity contribution in [2.24, 2.45) is 0 Å². The Morgan fingerprint density at radius 1 is 1.00 bits per heavy atom. The van der Waals surface area contributed by atoms with Crippen molar-refractivity contribution in [2.75, 3.05) is 16.6 Å². The summed E-state index contributed by atoms with van der Waals surface area (Å²) in [4.78, 5) is 12.7. The van der Waals surface area contributed by atoms with E-state index in [1.165, 1.54) is 18.2 Å². The Labute approximate surface area is 175 Å². The van der Waals surface area contributed by atoms with Crippen molar-refractivity contribution < 1.29 is 18.3 Å². The second kappa shape index (κ2) is 9.27. The lowest BCUT2D eigenvalue weighted by atomic mass is 10.1. The number of carbonyl (C=O) groups excluding carboxylic acids is 1. The number of benzene rings is 3. The van der Waals surface area contributed by atoms with Crippen LogP contribution in [0.15, 0.2) is 77.7 Å². The van der Waals surface area contributed by atoms with E-state index in [9.17, 15) is 13.2 Å². The molecule has 0 aliphatic carbocycles. The van der Waals surface area contributed by atoms with Crippen LogP contribution in [0.1, 0.15) is 21.5 Å². The van der Waals surface area contributed by atoms with Gasteiger partial charge in [-0.25, -0.2) is 8.42 Å². The Morgan fingerprint density at radius 3 is 2.47 bits per heavy atom. The number of amides is 1. The third kappa shape index (κ3) is 5.26. The first-order valence-corrected chi connectivity index (χ1v) is 10.6. The smallest absolute Gasteiger partial charge is 0.261 e. The topological polar surface area (TPSA) is 95.5 Å². The average Bonchev–Trinajstić information content (AvgIpc) is 2.74. The fourth-order valence-electron chi connectivity index (χ4n) is 2.69. The van der Waals surface area contributed by atoms with Gasteiger partial charge in [0.2, 0.25) is 0 Å². The number of rotatable bonds is 5. The van der Waals surface area contributed by atoms with Crippen LogP contribution in [0.2, 0.25) is 0 Å². The monoisotopic (exact) mass is 420 g/mol. The molecule has 0 unspecified atom stereocenters. The van der Waals surface area contributed by atoms with Crippen LogP contribution in [-0.2, 0) is 10.0 Å². The zero-order chi connectivity index (χ0) is 21.6. The summed E-state index contributed by atoms with van der Waals surface area (Å²) in [6.07, 6.45) is 0. The number of aliphatic hydroxyl groups is 1. The van der Waals surface area contributed by atoms with E-state index in [4.69, 9.17) is 5.11 Å². The first-order valence-electron chi connectivity index (χ1n) is 9.09. The van der Waals surface area contributed by atoms with Crippen molar-refractivity contribution >= 4 is 27.3 Å². The molecule has 0 fully saturated rings. The third-order valence-corrected chi connectivity index (χ3v) is 5.54. The second-order valence-electron chi connectivity index (χ2n) is 6.46. The summed E-state index contributed by atoms with van der Waals surface area (Å²) in [5.74, 6) is 4.73. The molecule has 3 rings (SSSR count).